The summed E-state index contributed by atoms with van der Waals surface area (Å²) in [5.74, 6) is 2.60. The quantitative estimate of drug-likeness (QED) is 0.244. The summed E-state index contributed by atoms with van der Waals surface area (Å²) in [6, 6.07) is 0. The Balaban J connectivity index is 4.47. The van der Waals surface area contributed by atoms with E-state index in [1.165, 1.54) is 31.3 Å². The molecule has 0 N–H and O–H groups in total. The fourth-order valence-corrected chi connectivity index (χ4v) is 3.62. The Bertz CT molecular complexity index is 366. The number of hydrogen-bond donors (Lipinski definition) is 0. The lowest BCUT2D eigenvalue weighted by Gasteiger charge is -2.23. The highest BCUT2D eigenvalue weighted by Gasteiger charge is 2.20. The number of ether oxygens (including phenoxy) is 1. The molecular weight excluding hydrogens is 308 g/mol. The molecule has 3 atom stereocenters. The van der Waals surface area contributed by atoms with Crippen molar-refractivity contribution in [2.24, 2.45) is 23.7 Å². The number of hydrogen-bond acceptors (Lipinski definition) is 2. The summed E-state index contributed by atoms with van der Waals surface area (Å²) >= 11 is 0. The van der Waals surface area contributed by atoms with Crippen LogP contribution in [0.4, 0.5) is 0 Å². The van der Waals surface area contributed by atoms with Crippen molar-refractivity contribution in [2.45, 2.75) is 99.8 Å². The van der Waals surface area contributed by atoms with Crippen molar-refractivity contribution in [3.8, 4) is 0 Å². The summed E-state index contributed by atoms with van der Waals surface area (Å²) in [7, 11) is 0. The molecule has 0 aliphatic carbocycles. The van der Waals surface area contributed by atoms with Gasteiger partial charge in [-0.3, -0.25) is 4.79 Å². The highest BCUT2D eigenvalue weighted by molar-refractivity contribution is 5.69. The first-order valence-corrected chi connectivity index (χ1v) is 10.5. The van der Waals surface area contributed by atoms with E-state index in [9.17, 15) is 4.79 Å². The van der Waals surface area contributed by atoms with Crippen LogP contribution in [-0.4, -0.2) is 12.6 Å². The van der Waals surface area contributed by atoms with E-state index in [2.05, 4.69) is 47.6 Å². The van der Waals surface area contributed by atoms with E-state index in [4.69, 9.17) is 4.74 Å². The molecule has 25 heavy (non-hydrogen) atoms. The summed E-state index contributed by atoms with van der Waals surface area (Å²) < 4.78 is 5.21. The van der Waals surface area contributed by atoms with E-state index in [-0.39, 0.29) is 5.97 Å². The van der Waals surface area contributed by atoms with Crippen molar-refractivity contribution < 1.29 is 9.53 Å². The van der Waals surface area contributed by atoms with Crippen LogP contribution in [0.5, 0.6) is 0 Å². The molecule has 0 aromatic rings. The van der Waals surface area contributed by atoms with Crippen LogP contribution in [0.1, 0.15) is 99.8 Å². The average Bonchev–Trinajstić information content (AvgIpc) is 2.46. The third-order valence-electron chi connectivity index (χ3n) is 4.92. The molecule has 0 saturated carbocycles. The predicted octanol–water partition coefficient (Wildman–Crippen LogP) is 7.18. The lowest BCUT2D eigenvalue weighted by molar-refractivity contribution is -0.144. The van der Waals surface area contributed by atoms with Crippen LogP contribution < -0.4 is 0 Å². The zero-order chi connectivity index (χ0) is 19.2. The van der Waals surface area contributed by atoms with Crippen molar-refractivity contribution in [2.75, 3.05) is 6.61 Å². The Morgan fingerprint density at radius 3 is 2.08 bits per heavy atom. The minimum absolute atomic E-state index is 0.0154. The molecule has 0 bridgehead atoms. The number of esters is 1. The Kier molecular flexibility index (Phi) is 13.9. The topological polar surface area (TPSA) is 26.3 Å². The second kappa shape index (κ2) is 14.4. The van der Waals surface area contributed by atoms with Gasteiger partial charge in [0, 0.05) is 6.42 Å². The molecule has 0 fully saturated rings. The van der Waals surface area contributed by atoms with E-state index >= 15 is 0 Å². The van der Waals surface area contributed by atoms with Crippen molar-refractivity contribution in [1.82, 2.24) is 0 Å². The molecule has 0 radical (unpaired) electrons. The monoisotopic (exact) mass is 352 g/mol. The second-order valence-corrected chi connectivity index (χ2v) is 8.74. The van der Waals surface area contributed by atoms with Gasteiger partial charge in [-0.15, -0.1) is 0 Å². The summed E-state index contributed by atoms with van der Waals surface area (Å²) in [4.78, 5) is 12.0. The standard InChI is InChI=1S/C23H44O2/c1-8-25-23(24)17-22(15-20(6)13-9-11-18(2)3)16-21(7)14-10-12-19(4)5/h11,19-22H,8-10,12-17H2,1-7H3. The Morgan fingerprint density at radius 2 is 1.56 bits per heavy atom. The normalized spacial score (nSPS) is 14.9. The number of carbonyl (C=O) groups is 1. The van der Waals surface area contributed by atoms with Crippen LogP contribution in [0.3, 0.4) is 0 Å². The van der Waals surface area contributed by atoms with Crippen molar-refractivity contribution in [3.63, 3.8) is 0 Å². The molecule has 3 unspecified atom stereocenters. The lowest BCUT2D eigenvalue weighted by Crippen LogP contribution is -2.17. The molecule has 0 rings (SSSR count). The fourth-order valence-electron chi connectivity index (χ4n) is 3.62. The highest BCUT2D eigenvalue weighted by atomic mass is 16.5. The van der Waals surface area contributed by atoms with Gasteiger partial charge in [0.1, 0.15) is 0 Å². The van der Waals surface area contributed by atoms with E-state index < -0.39 is 0 Å². The zero-order valence-corrected chi connectivity index (χ0v) is 18.1. The minimum atomic E-state index is -0.0154. The molecule has 0 saturated heterocycles. The SMILES string of the molecule is CCOC(=O)CC(CC(C)CCC=C(C)C)CC(C)CCCC(C)C. The van der Waals surface area contributed by atoms with E-state index in [1.54, 1.807) is 0 Å². The maximum Gasteiger partial charge on any atom is 0.306 e. The predicted molar refractivity (Wildman–Crippen MR) is 110 cm³/mol. The third kappa shape index (κ3) is 15.2. The maximum absolute atomic E-state index is 12.0. The molecule has 148 valence electrons. The van der Waals surface area contributed by atoms with Crippen LogP contribution in [-0.2, 0) is 9.53 Å². The van der Waals surface area contributed by atoms with Gasteiger partial charge in [-0.1, -0.05) is 58.6 Å². The summed E-state index contributed by atoms with van der Waals surface area (Å²) in [6.45, 7) is 16.0. The van der Waals surface area contributed by atoms with Gasteiger partial charge in [0.2, 0.25) is 0 Å². The molecule has 0 spiro atoms. The van der Waals surface area contributed by atoms with E-state index in [0.29, 0.717) is 30.8 Å². The smallest absolute Gasteiger partial charge is 0.306 e. The maximum atomic E-state index is 12.0. The average molecular weight is 353 g/mol. The Labute approximate surface area is 157 Å². The molecule has 0 heterocycles. The molecule has 0 amide bonds. The van der Waals surface area contributed by atoms with E-state index in [0.717, 1.165) is 25.2 Å². The molecule has 0 aromatic carbocycles. The fraction of sp³-hybridized carbons (Fsp3) is 0.870. The number of rotatable bonds is 14. The first-order valence-electron chi connectivity index (χ1n) is 10.5. The van der Waals surface area contributed by atoms with Gasteiger partial charge in [-0.25, -0.2) is 0 Å². The number of carbonyl (C=O) groups excluding carboxylic acids is 1. The minimum Gasteiger partial charge on any atom is -0.466 e. The van der Waals surface area contributed by atoms with Crippen molar-refractivity contribution in [3.05, 3.63) is 11.6 Å². The largest absolute Gasteiger partial charge is 0.466 e. The van der Waals surface area contributed by atoms with Gasteiger partial charge in [0.15, 0.2) is 0 Å². The summed E-state index contributed by atoms with van der Waals surface area (Å²) in [6.07, 6.45) is 11.5. The first-order chi connectivity index (χ1) is 11.7. The van der Waals surface area contributed by atoms with Crippen molar-refractivity contribution >= 4 is 5.97 Å². The Morgan fingerprint density at radius 1 is 0.960 bits per heavy atom. The second-order valence-electron chi connectivity index (χ2n) is 8.74. The van der Waals surface area contributed by atoms with Crippen LogP contribution in [0, 0.1) is 23.7 Å². The van der Waals surface area contributed by atoms with Gasteiger partial charge in [-0.2, -0.15) is 0 Å². The molecule has 0 aliphatic rings. The van der Waals surface area contributed by atoms with Gasteiger partial charge in [0.05, 0.1) is 6.61 Å². The van der Waals surface area contributed by atoms with E-state index in [1.807, 2.05) is 6.92 Å². The zero-order valence-electron chi connectivity index (χ0n) is 18.1. The van der Waals surface area contributed by atoms with Gasteiger partial charge >= 0.3 is 5.97 Å². The highest BCUT2D eigenvalue weighted by Crippen LogP contribution is 2.28. The van der Waals surface area contributed by atoms with Gasteiger partial charge in [-0.05, 0) is 70.1 Å². The third-order valence-corrected chi connectivity index (χ3v) is 4.92. The lowest BCUT2D eigenvalue weighted by atomic mass is 9.83. The van der Waals surface area contributed by atoms with Crippen LogP contribution in [0.2, 0.25) is 0 Å². The first kappa shape index (κ1) is 24.2. The Hall–Kier alpha value is -0.790. The molecular formula is C23H44O2. The molecule has 0 aliphatic heterocycles. The number of allylic oxidation sites excluding steroid dienone is 2. The van der Waals surface area contributed by atoms with Crippen molar-refractivity contribution in [1.29, 1.82) is 0 Å². The van der Waals surface area contributed by atoms with Crippen LogP contribution in [0.25, 0.3) is 0 Å². The summed E-state index contributed by atoms with van der Waals surface area (Å²) in [5.41, 5.74) is 1.40. The van der Waals surface area contributed by atoms with Crippen LogP contribution >= 0.6 is 0 Å². The molecule has 2 heteroatoms. The molecule has 0 aromatic heterocycles. The van der Waals surface area contributed by atoms with Crippen LogP contribution in [0.15, 0.2) is 11.6 Å². The molecule has 2 nitrogen and oxygen atoms in total. The van der Waals surface area contributed by atoms with Gasteiger partial charge < -0.3 is 4.74 Å². The summed E-state index contributed by atoms with van der Waals surface area (Å²) in [5, 5.41) is 0. The van der Waals surface area contributed by atoms with Gasteiger partial charge in [0.25, 0.3) is 0 Å².